The van der Waals surface area contributed by atoms with Gasteiger partial charge in [0.05, 0.1) is 18.8 Å². The molecule has 28 heavy (non-hydrogen) atoms. The molecule has 1 aromatic carbocycles. The highest BCUT2D eigenvalue weighted by molar-refractivity contribution is 5.93. The lowest BCUT2D eigenvalue weighted by Crippen LogP contribution is -2.30. The highest BCUT2D eigenvalue weighted by Gasteiger charge is 2.28. The summed E-state index contributed by atoms with van der Waals surface area (Å²) in [7, 11) is 0. The van der Waals surface area contributed by atoms with Gasteiger partial charge in [-0.3, -0.25) is 4.79 Å². The van der Waals surface area contributed by atoms with Gasteiger partial charge in [-0.15, -0.1) is 5.10 Å². The zero-order valence-electron chi connectivity index (χ0n) is 14.9. The molecule has 1 aliphatic rings. The van der Waals surface area contributed by atoms with Gasteiger partial charge in [0.15, 0.2) is 11.3 Å². The summed E-state index contributed by atoms with van der Waals surface area (Å²) >= 11 is 0. The third kappa shape index (κ3) is 3.51. The molecule has 3 aromatic rings. The van der Waals surface area contributed by atoms with E-state index in [1.165, 1.54) is 22.8 Å². The van der Waals surface area contributed by atoms with Gasteiger partial charge < -0.3 is 10.2 Å². The largest absolute Gasteiger partial charge is 0.348 e. The smallest absolute Gasteiger partial charge is 0.271 e. The second-order valence-electron chi connectivity index (χ2n) is 6.61. The lowest BCUT2D eigenvalue weighted by Gasteiger charge is -2.26. The van der Waals surface area contributed by atoms with Gasteiger partial charge in [-0.2, -0.15) is 0 Å². The van der Waals surface area contributed by atoms with Gasteiger partial charge in [0.2, 0.25) is 0 Å². The zero-order valence-corrected chi connectivity index (χ0v) is 14.9. The number of rotatable bonds is 5. The lowest BCUT2D eigenvalue weighted by atomic mass is 10.0. The summed E-state index contributed by atoms with van der Waals surface area (Å²) in [5.74, 6) is -0.346. The minimum atomic E-state index is -2.64. The predicted molar refractivity (Wildman–Crippen MR) is 97.0 cm³/mol. The Hall–Kier alpha value is -3.10. The van der Waals surface area contributed by atoms with Crippen LogP contribution in [0.2, 0.25) is 0 Å². The molecule has 3 heterocycles. The molecule has 0 spiro atoms. The molecule has 0 aliphatic carbocycles. The fourth-order valence-electron chi connectivity index (χ4n) is 3.53. The number of aromatic nitrogens is 3. The quantitative estimate of drug-likeness (QED) is 0.728. The van der Waals surface area contributed by atoms with Crippen molar-refractivity contribution in [1.29, 1.82) is 0 Å². The fourth-order valence-corrected chi connectivity index (χ4v) is 3.53. The molecule has 146 valence electrons. The van der Waals surface area contributed by atoms with E-state index < -0.39 is 18.9 Å². The third-order valence-corrected chi connectivity index (χ3v) is 4.78. The number of halogens is 3. The number of hydrogen-bond acceptors (Lipinski definition) is 4. The van der Waals surface area contributed by atoms with Gasteiger partial charge in [-0.1, -0.05) is 12.1 Å². The van der Waals surface area contributed by atoms with Crippen LogP contribution in [0.3, 0.4) is 0 Å². The Morgan fingerprint density at radius 1 is 1.29 bits per heavy atom. The summed E-state index contributed by atoms with van der Waals surface area (Å²) in [5, 5.41) is 6.66. The Morgan fingerprint density at radius 3 is 2.93 bits per heavy atom. The van der Waals surface area contributed by atoms with E-state index in [0.29, 0.717) is 11.5 Å². The molecule has 9 heteroatoms. The first-order valence-corrected chi connectivity index (χ1v) is 8.96. The molecule has 1 saturated heterocycles. The molecule has 2 aromatic heterocycles. The van der Waals surface area contributed by atoms with Crippen LogP contribution in [0.1, 0.15) is 34.9 Å². The van der Waals surface area contributed by atoms with Crippen LogP contribution in [0.15, 0.2) is 42.6 Å². The Bertz CT molecular complexity index is 1010. The first-order chi connectivity index (χ1) is 13.5. The fraction of sp³-hybridized carbons (Fsp3) is 0.316. The summed E-state index contributed by atoms with van der Waals surface area (Å²) in [5.41, 5.74) is 1.38. The van der Waals surface area contributed by atoms with E-state index in [0.717, 1.165) is 24.9 Å². The summed E-state index contributed by atoms with van der Waals surface area (Å²) in [6.07, 6.45) is 0.450. The lowest BCUT2D eigenvalue weighted by molar-refractivity contribution is 0.0885. The van der Waals surface area contributed by atoms with E-state index in [4.69, 9.17) is 0 Å². The molecule has 0 saturated carbocycles. The van der Waals surface area contributed by atoms with E-state index in [2.05, 4.69) is 20.3 Å². The van der Waals surface area contributed by atoms with E-state index in [-0.39, 0.29) is 17.6 Å². The first-order valence-electron chi connectivity index (χ1n) is 8.96. The number of imidazole rings is 1. The molecule has 1 N–H and O–H groups in total. The number of carbonyl (C=O) groups excluding carboxylic acids is 1. The predicted octanol–water partition coefficient (Wildman–Crippen LogP) is 3.20. The van der Waals surface area contributed by atoms with Crippen molar-refractivity contribution < 1.29 is 18.0 Å². The normalized spacial score (nSPS) is 16.9. The molecule has 4 rings (SSSR count). The highest BCUT2D eigenvalue weighted by atomic mass is 19.3. The third-order valence-electron chi connectivity index (χ3n) is 4.78. The van der Waals surface area contributed by atoms with Crippen molar-refractivity contribution in [1.82, 2.24) is 19.9 Å². The number of alkyl halides is 2. The molecule has 1 unspecified atom stereocenters. The molecule has 1 atom stereocenters. The average molecular weight is 389 g/mol. The summed E-state index contributed by atoms with van der Waals surface area (Å²) in [6.45, 7) is 0.000817. The van der Waals surface area contributed by atoms with E-state index >= 15 is 0 Å². The number of nitrogens with one attached hydrogen (secondary N) is 1. The van der Waals surface area contributed by atoms with E-state index in [1.807, 2.05) is 6.07 Å². The maximum atomic E-state index is 13.6. The maximum Gasteiger partial charge on any atom is 0.271 e. The number of amides is 1. The standard InChI is InChI=1S/C19H18F3N5O/c20-13-4-1-3-12(9-13)14-5-2-8-26(14)18-7-6-17-23-10-15(27(17)25-18)19(28)24-11-16(21)22/h1,3-4,6-7,9-10,14,16H,2,5,8,11H2,(H,24,28). The van der Waals surface area contributed by atoms with Crippen LogP contribution in [-0.2, 0) is 0 Å². The molecular formula is C19H18F3N5O. The van der Waals surface area contributed by atoms with Crippen molar-refractivity contribution in [3.63, 3.8) is 0 Å². The number of benzene rings is 1. The van der Waals surface area contributed by atoms with Crippen LogP contribution in [0.5, 0.6) is 0 Å². The molecule has 1 fully saturated rings. The molecule has 6 nitrogen and oxygen atoms in total. The molecule has 1 amide bonds. The molecule has 0 bridgehead atoms. The SMILES string of the molecule is O=C(NCC(F)F)c1cnc2ccc(N3CCCC3c3cccc(F)c3)nn12. The highest BCUT2D eigenvalue weighted by Crippen LogP contribution is 2.35. The number of anilines is 1. The van der Waals surface area contributed by atoms with Gasteiger partial charge in [0.1, 0.15) is 11.6 Å². The number of nitrogens with zero attached hydrogens (tertiary/aromatic N) is 4. The van der Waals surface area contributed by atoms with Crippen molar-refractivity contribution >= 4 is 17.4 Å². The van der Waals surface area contributed by atoms with Crippen LogP contribution in [-0.4, -0.2) is 40.0 Å². The monoisotopic (exact) mass is 389 g/mol. The second-order valence-corrected chi connectivity index (χ2v) is 6.61. The molecule has 0 radical (unpaired) electrons. The van der Waals surface area contributed by atoms with E-state index in [1.54, 1.807) is 18.2 Å². The average Bonchev–Trinajstić information content (AvgIpc) is 3.32. The van der Waals surface area contributed by atoms with Crippen LogP contribution >= 0.6 is 0 Å². The van der Waals surface area contributed by atoms with Gasteiger partial charge in [0, 0.05) is 6.54 Å². The number of hydrogen-bond donors (Lipinski definition) is 1. The van der Waals surface area contributed by atoms with Crippen molar-refractivity contribution in [3.8, 4) is 0 Å². The van der Waals surface area contributed by atoms with Crippen LogP contribution in [0.25, 0.3) is 5.65 Å². The van der Waals surface area contributed by atoms with Gasteiger partial charge in [0.25, 0.3) is 12.3 Å². The zero-order chi connectivity index (χ0) is 19.7. The Labute approximate surface area is 159 Å². The Morgan fingerprint density at radius 2 is 2.14 bits per heavy atom. The molecular weight excluding hydrogens is 371 g/mol. The topological polar surface area (TPSA) is 62.5 Å². The summed E-state index contributed by atoms with van der Waals surface area (Å²) in [6, 6.07) is 9.96. The van der Waals surface area contributed by atoms with Gasteiger partial charge in [-0.05, 0) is 42.7 Å². The maximum absolute atomic E-state index is 13.6. The van der Waals surface area contributed by atoms with Crippen molar-refractivity contribution in [2.45, 2.75) is 25.3 Å². The minimum Gasteiger partial charge on any atom is -0.348 e. The first kappa shape index (κ1) is 18.3. The minimum absolute atomic E-state index is 0.0275. The second kappa shape index (κ2) is 7.49. The Balaban J connectivity index is 1.65. The van der Waals surface area contributed by atoms with Crippen molar-refractivity contribution in [3.05, 3.63) is 59.7 Å². The van der Waals surface area contributed by atoms with Crippen LogP contribution in [0.4, 0.5) is 19.0 Å². The van der Waals surface area contributed by atoms with Gasteiger partial charge >= 0.3 is 0 Å². The van der Waals surface area contributed by atoms with Crippen LogP contribution in [0, 0.1) is 5.82 Å². The van der Waals surface area contributed by atoms with Gasteiger partial charge in [-0.25, -0.2) is 22.7 Å². The summed E-state index contributed by atoms with van der Waals surface area (Å²) < 4.78 is 39.7. The molecule has 1 aliphatic heterocycles. The van der Waals surface area contributed by atoms with Crippen LogP contribution < -0.4 is 10.2 Å². The van der Waals surface area contributed by atoms with E-state index in [9.17, 15) is 18.0 Å². The van der Waals surface area contributed by atoms with Crippen molar-refractivity contribution in [2.24, 2.45) is 0 Å². The number of fused-ring (bicyclic) bond motifs is 1. The van der Waals surface area contributed by atoms with Crippen molar-refractivity contribution in [2.75, 3.05) is 18.0 Å². The number of carbonyl (C=O) groups is 1. The summed E-state index contributed by atoms with van der Waals surface area (Å²) in [4.78, 5) is 18.3. The Kier molecular flexibility index (Phi) is 4.89.